The summed E-state index contributed by atoms with van der Waals surface area (Å²) >= 11 is 0. The number of hydrogen-bond donors (Lipinski definition) is 1. The monoisotopic (exact) mass is 245 g/mol. The van der Waals surface area contributed by atoms with Crippen LogP contribution < -0.4 is 10.2 Å². The number of rotatable bonds is 6. The first-order valence-corrected chi connectivity index (χ1v) is 6.45. The zero-order chi connectivity index (χ0) is 13.5. The Morgan fingerprint density at radius 1 is 1.22 bits per heavy atom. The fraction of sp³-hybridized carbons (Fsp3) is 0.533. The number of nitriles is 1. The standard InChI is InChI=1S/C15H23N3/c1-12(2)9-10-17-15(11-16)13-5-7-14(8-6-13)18(3)4/h5-8,12,15,17H,9-10H2,1-4H3. The van der Waals surface area contributed by atoms with Gasteiger partial charge in [0.25, 0.3) is 0 Å². The fourth-order valence-electron chi connectivity index (χ4n) is 1.72. The van der Waals surface area contributed by atoms with E-state index >= 15 is 0 Å². The van der Waals surface area contributed by atoms with Crippen molar-refractivity contribution in [2.45, 2.75) is 26.3 Å². The van der Waals surface area contributed by atoms with Crippen molar-refractivity contribution >= 4 is 5.69 Å². The van der Waals surface area contributed by atoms with Crippen molar-refractivity contribution in [3.8, 4) is 6.07 Å². The van der Waals surface area contributed by atoms with Crippen LogP contribution in [0.4, 0.5) is 5.69 Å². The molecule has 0 aromatic heterocycles. The van der Waals surface area contributed by atoms with Crippen LogP contribution >= 0.6 is 0 Å². The Bertz CT molecular complexity index is 387. The van der Waals surface area contributed by atoms with Crippen LogP contribution in [-0.4, -0.2) is 20.6 Å². The van der Waals surface area contributed by atoms with Crippen LogP contribution in [0.5, 0.6) is 0 Å². The van der Waals surface area contributed by atoms with Gasteiger partial charge < -0.3 is 4.90 Å². The predicted octanol–water partition coefficient (Wildman–Crippen LogP) is 2.95. The van der Waals surface area contributed by atoms with Gasteiger partial charge in [0.05, 0.1) is 6.07 Å². The largest absolute Gasteiger partial charge is 0.378 e. The normalized spacial score (nSPS) is 12.2. The predicted molar refractivity (Wildman–Crippen MR) is 76.6 cm³/mol. The van der Waals surface area contributed by atoms with Crippen LogP contribution in [0.15, 0.2) is 24.3 Å². The molecule has 1 N–H and O–H groups in total. The first-order valence-electron chi connectivity index (χ1n) is 6.45. The van der Waals surface area contributed by atoms with Crippen LogP contribution in [0.3, 0.4) is 0 Å². The van der Waals surface area contributed by atoms with Crippen LogP contribution in [0.25, 0.3) is 0 Å². The molecule has 1 unspecified atom stereocenters. The highest BCUT2D eigenvalue weighted by Gasteiger charge is 2.09. The number of anilines is 1. The van der Waals surface area contributed by atoms with Gasteiger partial charge in [-0.05, 0) is 36.6 Å². The minimum absolute atomic E-state index is 0.208. The SMILES string of the molecule is CC(C)CCNC(C#N)c1ccc(N(C)C)cc1. The Balaban J connectivity index is 2.62. The summed E-state index contributed by atoms with van der Waals surface area (Å²) in [5, 5.41) is 12.5. The summed E-state index contributed by atoms with van der Waals surface area (Å²) in [4.78, 5) is 2.05. The molecule has 0 aliphatic carbocycles. The van der Waals surface area contributed by atoms with Gasteiger partial charge in [0.15, 0.2) is 0 Å². The molecule has 0 aliphatic heterocycles. The molecule has 0 bridgehead atoms. The highest BCUT2D eigenvalue weighted by Crippen LogP contribution is 2.17. The lowest BCUT2D eigenvalue weighted by Gasteiger charge is -2.16. The van der Waals surface area contributed by atoms with Crippen molar-refractivity contribution < 1.29 is 0 Å². The van der Waals surface area contributed by atoms with Crippen LogP contribution in [0.2, 0.25) is 0 Å². The van der Waals surface area contributed by atoms with Gasteiger partial charge in [0.2, 0.25) is 0 Å². The molecule has 0 amide bonds. The third-order valence-electron chi connectivity index (χ3n) is 2.94. The maximum Gasteiger partial charge on any atom is 0.121 e. The number of nitrogens with one attached hydrogen (secondary N) is 1. The van der Waals surface area contributed by atoms with E-state index in [-0.39, 0.29) is 6.04 Å². The molecule has 3 heteroatoms. The molecule has 0 fully saturated rings. The van der Waals surface area contributed by atoms with E-state index in [4.69, 9.17) is 0 Å². The molecule has 0 aliphatic rings. The summed E-state index contributed by atoms with van der Waals surface area (Å²) in [6.45, 7) is 5.26. The molecule has 1 aromatic carbocycles. The molecule has 1 aromatic rings. The van der Waals surface area contributed by atoms with Crippen LogP contribution in [-0.2, 0) is 0 Å². The zero-order valence-corrected chi connectivity index (χ0v) is 11.8. The van der Waals surface area contributed by atoms with Gasteiger partial charge in [0.1, 0.15) is 6.04 Å². The van der Waals surface area contributed by atoms with Crippen LogP contribution in [0.1, 0.15) is 31.9 Å². The zero-order valence-electron chi connectivity index (χ0n) is 11.8. The van der Waals surface area contributed by atoms with E-state index in [2.05, 4.69) is 30.1 Å². The van der Waals surface area contributed by atoms with Gasteiger partial charge in [-0.3, -0.25) is 5.32 Å². The van der Waals surface area contributed by atoms with Gasteiger partial charge >= 0.3 is 0 Å². The first kappa shape index (κ1) is 14.5. The minimum Gasteiger partial charge on any atom is -0.378 e. The van der Waals surface area contributed by atoms with E-state index in [0.717, 1.165) is 24.2 Å². The van der Waals surface area contributed by atoms with Gasteiger partial charge in [-0.2, -0.15) is 5.26 Å². The lowest BCUT2D eigenvalue weighted by atomic mass is 10.1. The highest BCUT2D eigenvalue weighted by atomic mass is 15.1. The van der Waals surface area contributed by atoms with Crippen molar-refractivity contribution in [3.05, 3.63) is 29.8 Å². The summed E-state index contributed by atoms with van der Waals surface area (Å²) in [7, 11) is 4.02. The Hall–Kier alpha value is -1.53. The fourth-order valence-corrected chi connectivity index (χ4v) is 1.72. The topological polar surface area (TPSA) is 39.1 Å². The molecule has 1 rings (SSSR count). The van der Waals surface area contributed by atoms with Gasteiger partial charge in [-0.25, -0.2) is 0 Å². The maximum absolute atomic E-state index is 9.20. The molecule has 0 radical (unpaired) electrons. The molecular formula is C15H23N3. The minimum atomic E-state index is -0.208. The third kappa shape index (κ3) is 4.38. The Labute approximate surface area is 110 Å². The van der Waals surface area contributed by atoms with Gasteiger partial charge in [0, 0.05) is 19.8 Å². The van der Waals surface area contributed by atoms with E-state index in [1.54, 1.807) is 0 Å². The van der Waals surface area contributed by atoms with Crippen molar-refractivity contribution in [2.24, 2.45) is 5.92 Å². The maximum atomic E-state index is 9.20. The summed E-state index contributed by atoms with van der Waals surface area (Å²) in [5.41, 5.74) is 2.18. The highest BCUT2D eigenvalue weighted by molar-refractivity contribution is 5.47. The van der Waals surface area contributed by atoms with Gasteiger partial charge in [-0.15, -0.1) is 0 Å². The smallest absolute Gasteiger partial charge is 0.121 e. The third-order valence-corrected chi connectivity index (χ3v) is 2.94. The molecular weight excluding hydrogens is 222 g/mol. The second-order valence-electron chi connectivity index (χ2n) is 5.18. The van der Waals surface area contributed by atoms with E-state index in [9.17, 15) is 5.26 Å². The number of hydrogen-bond acceptors (Lipinski definition) is 3. The lowest BCUT2D eigenvalue weighted by molar-refractivity contribution is 0.519. The lowest BCUT2D eigenvalue weighted by Crippen LogP contribution is -2.22. The van der Waals surface area contributed by atoms with Crippen molar-refractivity contribution in [2.75, 3.05) is 25.5 Å². The molecule has 98 valence electrons. The van der Waals surface area contributed by atoms with E-state index < -0.39 is 0 Å². The average molecular weight is 245 g/mol. The quantitative estimate of drug-likeness (QED) is 0.837. The molecule has 0 saturated carbocycles. The average Bonchev–Trinajstić information content (AvgIpc) is 2.34. The molecule has 0 spiro atoms. The molecule has 0 heterocycles. The summed E-state index contributed by atoms with van der Waals surface area (Å²) in [6, 6.07) is 10.2. The summed E-state index contributed by atoms with van der Waals surface area (Å²) in [5.74, 6) is 0.660. The molecule has 1 atom stereocenters. The Kier molecular flexibility index (Phi) is 5.67. The summed E-state index contributed by atoms with van der Waals surface area (Å²) < 4.78 is 0. The van der Waals surface area contributed by atoms with E-state index in [1.165, 1.54) is 0 Å². The number of nitrogens with zero attached hydrogens (tertiary/aromatic N) is 2. The first-order chi connectivity index (χ1) is 8.54. The number of benzene rings is 1. The molecule has 18 heavy (non-hydrogen) atoms. The molecule has 0 saturated heterocycles. The van der Waals surface area contributed by atoms with Crippen molar-refractivity contribution in [1.29, 1.82) is 5.26 Å². The van der Waals surface area contributed by atoms with Gasteiger partial charge in [-0.1, -0.05) is 26.0 Å². The van der Waals surface area contributed by atoms with E-state index in [0.29, 0.717) is 5.92 Å². The summed E-state index contributed by atoms with van der Waals surface area (Å²) in [6.07, 6.45) is 1.09. The Morgan fingerprint density at radius 3 is 2.28 bits per heavy atom. The van der Waals surface area contributed by atoms with Crippen molar-refractivity contribution in [1.82, 2.24) is 5.32 Å². The molecule has 3 nitrogen and oxygen atoms in total. The van der Waals surface area contributed by atoms with Crippen LogP contribution in [0, 0.1) is 17.2 Å². The second-order valence-corrected chi connectivity index (χ2v) is 5.18. The Morgan fingerprint density at radius 2 is 1.83 bits per heavy atom. The van der Waals surface area contributed by atoms with Crippen molar-refractivity contribution in [3.63, 3.8) is 0 Å². The van der Waals surface area contributed by atoms with E-state index in [1.807, 2.05) is 38.4 Å². The second kappa shape index (κ2) is 7.03.